The van der Waals surface area contributed by atoms with Crippen molar-refractivity contribution in [3.05, 3.63) is 0 Å². The van der Waals surface area contributed by atoms with E-state index in [1.54, 1.807) is 0 Å². The first kappa shape index (κ1) is 7.58. The molecule has 0 saturated heterocycles. The van der Waals surface area contributed by atoms with Gasteiger partial charge in [-0.1, -0.05) is 19.3 Å². The van der Waals surface area contributed by atoms with Crippen molar-refractivity contribution >= 4 is 6.72 Å². The second-order valence-corrected chi connectivity index (χ2v) is 3.02. The molecule has 0 spiro atoms. The van der Waals surface area contributed by atoms with Crippen LogP contribution >= 0.6 is 0 Å². The predicted octanol–water partition coefficient (Wildman–Crippen LogP) is 1.77. The van der Waals surface area contributed by atoms with Gasteiger partial charge in [0, 0.05) is 13.3 Å². The third kappa shape index (κ3) is 2.38. The Labute approximate surface area is 62.7 Å². The minimum absolute atomic E-state index is 0.860. The van der Waals surface area contributed by atoms with Gasteiger partial charge in [-0.25, -0.2) is 0 Å². The summed E-state index contributed by atoms with van der Waals surface area (Å²) in [5, 5.41) is 3.63. The van der Waals surface area contributed by atoms with Crippen molar-refractivity contribution in [3.8, 4) is 0 Å². The highest BCUT2D eigenvalue weighted by Gasteiger charge is 2.11. The van der Waals surface area contributed by atoms with Crippen LogP contribution in [0.4, 0.5) is 0 Å². The Balaban J connectivity index is 2.07. The number of nitrogens with zero attached hydrogens (tertiary/aromatic N) is 1. The van der Waals surface area contributed by atoms with Gasteiger partial charge in [-0.15, -0.1) is 0 Å². The highest BCUT2D eigenvalue weighted by atomic mass is 15.3. The first-order chi connectivity index (χ1) is 4.93. The molecule has 0 bridgehead atoms. The van der Waals surface area contributed by atoms with E-state index in [-0.39, 0.29) is 0 Å². The van der Waals surface area contributed by atoms with Crippen LogP contribution in [-0.4, -0.2) is 13.3 Å². The van der Waals surface area contributed by atoms with Gasteiger partial charge >= 0.3 is 0 Å². The molecule has 0 atom stereocenters. The number of hydrogen-bond donors (Lipinski definition) is 1. The molecule has 58 valence electrons. The maximum atomic E-state index is 3.63. The van der Waals surface area contributed by atoms with E-state index >= 15 is 0 Å². The van der Waals surface area contributed by atoms with Crippen LogP contribution in [0.5, 0.6) is 0 Å². The Hall–Kier alpha value is -0.530. The molecule has 1 N–H and O–H groups in total. The summed E-state index contributed by atoms with van der Waals surface area (Å²) in [4.78, 5) is 0. The third-order valence-corrected chi connectivity index (χ3v) is 2.22. The standard InChI is InChI=1S/C8H16N2/c1-9-10-7-8-5-3-2-4-6-8/h8,10H,1-7H2. The zero-order chi connectivity index (χ0) is 7.23. The number of rotatable bonds is 3. The van der Waals surface area contributed by atoms with E-state index in [1.807, 2.05) is 0 Å². The van der Waals surface area contributed by atoms with Gasteiger partial charge in [-0.3, -0.25) is 0 Å². The van der Waals surface area contributed by atoms with Gasteiger partial charge in [0.1, 0.15) is 0 Å². The van der Waals surface area contributed by atoms with Crippen molar-refractivity contribution < 1.29 is 0 Å². The molecule has 0 amide bonds. The molecule has 1 aliphatic rings. The molecule has 0 heterocycles. The summed E-state index contributed by atoms with van der Waals surface area (Å²) in [5.41, 5.74) is 2.93. The average Bonchev–Trinajstić information content (AvgIpc) is 2.03. The largest absolute Gasteiger partial charge is 0.310 e. The number of nitrogens with one attached hydrogen (secondary N) is 1. The van der Waals surface area contributed by atoms with Gasteiger partial charge in [0.15, 0.2) is 0 Å². The smallest absolute Gasteiger partial charge is 0.0357 e. The monoisotopic (exact) mass is 140 g/mol. The fraction of sp³-hybridized carbons (Fsp3) is 0.875. The zero-order valence-corrected chi connectivity index (χ0v) is 6.47. The van der Waals surface area contributed by atoms with Gasteiger partial charge in [-0.05, 0) is 18.8 Å². The third-order valence-electron chi connectivity index (χ3n) is 2.22. The number of hydrogen-bond acceptors (Lipinski definition) is 2. The van der Waals surface area contributed by atoms with Crippen molar-refractivity contribution in [2.45, 2.75) is 32.1 Å². The molecule has 2 nitrogen and oxygen atoms in total. The molecule has 1 aliphatic carbocycles. The highest BCUT2D eigenvalue weighted by molar-refractivity contribution is 5.22. The fourth-order valence-electron chi connectivity index (χ4n) is 1.58. The van der Waals surface area contributed by atoms with Gasteiger partial charge in [0.05, 0.1) is 0 Å². The van der Waals surface area contributed by atoms with E-state index in [0.717, 1.165) is 12.5 Å². The highest BCUT2D eigenvalue weighted by Crippen LogP contribution is 2.22. The minimum atomic E-state index is 0.860. The Bertz CT molecular complexity index is 95.4. The van der Waals surface area contributed by atoms with Crippen LogP contribution in [0.3, 0.4) is 0 Å². The first-order valence-corrected chi connectivity index (χ1v) is 4.12. The SMILES string of the molecule is C=NNCC1CCCCC1. The Morgan fingerprint density at radius 2 is 2.00 bits per heavy atom. The second kappa shape index (κ2) is 4.31. The van der Waals surface area contributed by atoms with E-state index in [1.165, 1.54) is 32.1 Å². The van der Waals surface area contributed by atoms with E-state index in [4.69, 9.17) is 0 Å². The molecular weight excluding hydrogens is 124 g/mol. The lowest BCUT2D eigenvalue weighted by molar-refractivity contribution is 0.345. The topological polar surface area (TPSA) is 24.4 Å². The molecule has 1 fully saturated rings. The Morgan fingerprint density at radius 3 is 2.60 bits per heavy atom. The molecule has 10 heavy (non-hydrogen) atoms. The molecule has 0 radical (unpaired) electrons. The van der Waals surface area contributed by atoms with E-state index in [9.17, 15) is 0 Å². The van der Waals surface area contributed by atoms with Gasteiger partial charge in [0.25, 0.3) is 0 Å². The quantitative estimate of drug-likeness (QED) is 0.469. The lowest BCUT2D eigenvalue weighted by Gasteiger charge is -2.20. The van der Waals surface area contributed by atoms with Gasteiger partial charge in [-0.2, -0.15) is 5.10 Å². The molecule has 0 aliphatic heterocycles. The van der Waals surface area contributed by atoms with Gasteiger partial charge in [0.2, 0.25) is 0 Å². The Morgan fingerprint density at radius 1 is 1.30 bits per heavy atom. The van der Waals surface area contributed by atoms with Crippen LogP contribution in [0, 0.1) is 5.92 Å². The summed E-state index contributed by atoms with van der Waals surface area (Å²) >= 11 is 0. The summed E-state index contributed by atoms with van der Waals surface area (Å²) in [6.45, 7) is 4.42. The molecule has 0 aromatic heterocycles. The zero-order valence-electron chi connectivity index (χ0n) is 6.47. The van der Waals surface area contributed by atoms with Crippen LogP contribution in [0.15, 0.2) is 5.10 Å². The normalized spacial score (nSPS) is 20.4. The van der Waals surface area contributed by atoms with Crippen LogP contribution in [0.1, 0.15) is 32.1 Å². The molecule has 0 aromatic carbocycles. The molecule has 1 saturated carbocycles. The summed E-state index contributed by atoms with van der Waals surface area (Å²) in [6.07, 6.45) is 7.00. The fourth-order valence-corrected chi connectivity index (χ4v) is 1.58. The van der Waals surface area contributed by atoms with Crippen LogP contribution < -0.4 is 5.43 Å². The average molecular weight is 140 g/mol. The van der Waals surface area contributed by atoms with Crippen molar-refractivity contribution in [2.75, 3.05) is 6.54 Å². The molecule has 0 unspecified atom stereocenters. The maximum Gasteiger partial charge on any atom is 0.0357 e. The van der Waals surface area contributed by atoms with E-state index in [0.29, 0.717) is 0 Å². The van der Waals surface area contributed by atoms with Crippen molar-refractivity contribution in [3.63, 3.8) is 0 Å². The number of hydrazone groups is 1. The first-order valence-electron chi connectivity index (χ1n) is 4.12. The molecule has 0 aromatic rings. The van der Waals surface area contributed by atoms with Crippen molar-refractivity contribution in [1.82, 2.24) is 5.43 Å². The van der Waals surface area contributed by atoms with Crippen LogP contribution in [0.2, 0.25) is 0 Å². The van der Waals surface area contributed by atoms with Crippen LogP contribution in [0.25, 0.3) is 0 Å². The molecular formula is C8H16N2. The van der Waals surface area contributed by atoms with E-state index < -0.39 is 0 Å². The van der Waals surface area contributed by atoms with Crippen molar-refractivity contribution in [1.29, 1.82) is 0 Å². The van der Waals surface area contributed by atoms with Gasteiger partial charge < -0.3 is 5.43 Å². The summed E-state index contributed by atoms with van der Waals surface area (Å²) < 4.78 is 0. The molecule has 2 heteroatoms. The van der Waals surface area contributed by atoms with Crippen LogP contribution in [-0.2, 0) is 0 Å². The summed E-state index contributed by atoms with van der Waals surface area (Å²) in [6, 6.07) is 0. The summed E-state index contributed by atoms with van der Waals surface area (Å²) in [7, 11) is 0. The lowest BCUT2D eigenvalue weighted by Crippen LogP contribution is -2.19. The molecule has 1 rings (SSSR count). The summed E-state index contributed by atoms with van der Waals surface area (Å²) in [5.74, 6) is 0.860. The minimum Gasteiger partial charge on any atom is -0.310 e. The predicted molar refractivity (Wildman–Crippen MR) is 44.1 cm³/mol. The van der Waals surface area contributed by atoms with Crippen molar-refractivity contribution in [2.24, 2.45) is 11.0 Å². The van der Waals surface area contributed by atoms with E-state index in [2.05, 4.69) is 17.2 Å². The maximum absolute atomic E-state index is 3.63. The second-order valence-electron chi connectivity index (χ2n) is 3.02. The Kier molecular flexibility index (Phi) is 3.27. The lowest BCUT2D eigenvalue weighted by atomic mass is 9.89.